The number of anilines is 1. The molecule has 1 fully saturated rings. The first kappa shape index (κ1) is 13.5. The molecule has 1 amide bonds. The van der Waals surface area contributed by atoms with Gasteiger partial charge in [-0.1, -0.05) is 12.1 Å². The molecule has 1 aromatic rings. The number of amides is 1. The third-order valence-electron chi connectivity index (χ3n) is 3.46. The normalized spacial score (nSPS) is 25.3. The van der Waals surface area contributed by atoms with Gasteiger partial charge in [0.2, 0.25) is 0 Å². The van der Waals surface area contributed by atoms with Crippen molar-refractivity contribution in [3.8, 4) is 0 Å². The van der Waals surface area contributed by atoms with Gasteiger partial charge in [0.15, 0.2) is 0 Å². The second-order valence-electron chi connectivity index (χ2n) is 4.77. The van der Waals surface area contributed by atoms with Crippen molar-refractivity contribution in [1.82, 2.24) is 0 Å². The minimum Gasteiger partial charge on any atom is -0.441 e. The molecular weight excluding hydrogens is 281 g/mol. The summed E-state index contributed by atoms with van der Waals surface area (Å²) in [5.74, 6) is 0.610. The zero-order valence-corrected chi connectivity index (χ0v) is 11.5. The molecule has 3 rings (SSSR count). The van der Waals surface area contributed by atoms with Gasteiger partial charge in [-0.05, 0) is 23.1 Å². The molecule has 0 bridgehead atoms. The Bertz CT molecular complexity index is 563. The number of nitrogens with zero attached hydrogens (tertiary/aromatic N) is 1. The topological polar surface area (TPSA) is 49.8 Å². The number of aliphatic hydroxyl groups excluding tert-OH is 1. The van der Waals surface area contributed by atoms with Gasteiger partial charge in [0.05, 0.1) is 18.8 Å². The molecule has 0 aliphatic carbocycles. The highest BCUT2D eigenvalue weighted by Crippen LogP contribution is 2.33. The number of carbonyl (C=O) groups is 1. The number of cyclic esters (lactones) is 1. The fourth-order valence-electron chi connectivity index (χ4n) is 2.37. The predicted octanol–water partition coefficient (Wildman–Crippen LogP) is 2.49. The molecule has 1 N–H and O–H groups in total. The van der Waals surface area contributed by atoms with Crippen molar-refractivity contribution in [3.05, 3.63) is 41.1 Å². The maximum atomic E-state index is 14.2. The lowest BCUT2D eigenvalue weighted by Gasteiger charge is -2.15. The summed E-state index contributed by atoms with van der Waals surface area (Å²) >= 11 is 1.66. The van der Waals surface area contributed by atoms with Gasteiger partial charge in [-0.2, -0.15) is 0 Å². The number of rotatable bonds is 3. The number of hydrogen-bond acceptors (Lipinski definition) is 4. The van der Waals surface area contributed by atoms with Crippen molar-refractivity contribution in [2.75, 3.05) is 23.8 Å². The number of aliphatic hydroxyl groups is 1. The Balaban J connectivity index is 1.83. The molecule has 0 aromatic heterocycles. The molecule has 106 valence electrons. The van der Waals surface area contributed by atoms with Crippen LogP contribution >= 0.6 is 11.8 Å². The van der Waals surface area contributed by atoms with Crippen molar-refractivity contribution in [3.63, 3.8) is 0 Å². The second-order valence-corrected chi connectivity index (χ2v) is 5.71. The van der Waals surface area contributed by atoms with E-state index in [1.807, 2.05) is 11.5 Å². The van der Waals surface area contributed by atoms with Crippen LogP contribution in [0.3, 0.4) is 0 Å². The van der Waals surface area contributed by atoms with Crippen molar-refractivity contribution in [2.24, 2.45) is 0 Å². The van der Waals surface area contributed by atoms with Crippen LogP contribution in [0, 0.1) is 5.82 Å². The molecule has 2 aliphatic rings. The number of halogens is 1. The first-order valence-corrected chi connectivity index (χ1v) is 7.40. The molecule has 6 heteroatoms. The summed E-state index contributed by atoms with van der Waals surface area (Å²) in [7, 11) is 0. The maximum Gasteiger partial charge on any atom is 0.414 e. The fraction of sp³-hybridized carbons (Fsp3) is 0.357. The molecule has 20 heavy (non-hydrogen) atoms. The second kappa shape index (κ2) is 5.46. The Kier molecular flexibility index (Phi) is 3.67. The van der Waals surface area contributed by atoms with Crippen LogP contribution in [0.15, 0.2) is 29.7 Å². The van der Waals surface area contributed by atoms with Crippen molar-refractivity contribution in [2.45, 2.75) is 12.0 Å². The van der Waals surface area contributed by atoms with Gasteiger partial charge in [0.1, 0.15) is 11.9 Å². The summed E-state index contributed by atoms with van der Waals surface area (Å²) in [4.78, 5) is 13.0. The Morgan fingerprint density at radius 2 is 2.35 bits per heavy atom. The van der Waals surface area contributed by atoms with Crippen LogP contribution in [-0.2, 0) is 4.74 Å². The van der Waals surface area contributed by atoms with Crippen molar-refractivity contribution < 1.29 is 19.0 Å². The lowest BCUT2D eigenvalue weighted by atomic mass is 10.0. The third-order valence-corrected chi connectivity index (χ3v) is 4.36. The zero-order valence-electron chi connectivity index (χ0n) is 10.7. The minimum absolute atomic E-state index is 0.0877. The van der Waals surface area contributed by atoms with Crippen LogP contribution in [0.1, 0.15) is 11.5 Å². The minimum atomic E-state index is -0.549. The molecule has 1 saturated heterocycles. The van der Waals surface area contributed by atoms with E-state index in [2.05, 4.69) is 0 Å². The van der Waals surface area contributed by atoms with E-state index in [1.54, 1.807) is 23.9 Å². The van der Waals surface area contributed by atoms with E-state index in [0.29, 0.717) is 11.3 Å². The number of benzene rings is 1. The smallest absolute Gasteiger partial charge is 0.414 e. The summed E-state index contributed by atoms with van der Waals surface area (Å²) < 4.78 is 19.1. The van der Waals surface area contributed by atoms with Gasteiger partial charge in [-0.3, -0.25) is 4.90 Å². The van der Waals surface area contributed by atoms with Crippen LogP contribution in [0.4, 0.5) is 14.9 Å². The van der Waals surface area contributed by atoms with Gasteiger partial charge < -0.3 is 9.84 Å². The predicted molar refractivity (Wildman–Crippen MR) is 75.4 cm³/mol. The zero-order chi connectivity index (χ0) is 14.1. The van der Waals surface area contributed by atoms with Crippen molar-refractivity contribution in [1.29, 1.82) is 0 Å². The van der Waals surface area contributed by atoms with Gasteiger partial charge in [0, 0.05) is 11.7 Å². The van der Waals surface area contributed by atoms with Gasteiger partial charge in [-0.15, -0.1) is 11.8 Å². The molecule has 4 nitrogen and oxygen atoms in total. The van der Waals surface area contributed by atoms with Gasteiger partial charge in [-0.25, -0.2) is 9.18 Å². The SMILES string of the molecule is O=C1O[C@@H](CO)CN1c1ccc(C2C=CSC2)c(F)c1. The number of thioether (sulfide) groups is 1. The molecule has 0 spiro atoms. The maximum absolute atomic E-state index is 14.2. The highest BCUT2D eigenvalue weighted by Gasteiger charge is 2.32. The first-order valence-electron chi connectivity index (χ1n) is 6.36. The molecule has 0 radical (unpaired) electrons. The number of allylic oxidation sites excluding steroid dienone is 1. The number of carbonyl (C=O) groups excluding carboxylic acids is 1. The summed E-state index contributed by atoms with van der Waals surface area (Å²) in [6, 6.07) is 4.79. The molecule has 2 aliphatic heterocycles. The average Bonchev–Trinajstić information content (AvgIpc) is 3.07. The first-order chi connectivity index (χ1) is 9.69. The standard InChI is InChI=1S/C14H14FNO3S/c15-13-5-10(16-6-11(7-17)19-14(16)18)1-2-12(13)9-3-4-20-8-9/h1-5,9,11,17H,6-8H2/t9?,11-/m1/s1. The van der Waals surface area contributed by atoms with E-state index in [1.165, 1.54) is 11.0 Å². The van der Waals surface area contributed by atoms with E-state index in [4.69, 9.17) is 9.84 Å². The third kappa shape index (κ3) is 2.41. The number of hydrogen-bond donors (Lipinski definition) is 1. The van der Waals surface area contributed by atoms with E-state index in [0.717, 1.165) is 5.75 Å². The fourth-order valence-corrected chi connectivity index (χ4v) is 3.28. The molecule has 0 saturated carbocycles. The van der Waals surface area contributed by atoms with Crippen LogP contribution in [0.2, 0.25) is 0 Å². The van der Waals surface area contributed by atoms with E-state index >= 15 is 0 Å². The molecule has 1 unspecified atom stereocenters. The Hall–Kier alpha value is -1.53. The Morgan fingerprint density at radius 1 is 1.50 bits per heavy atom. The monoisotopic (exact) mass is 295 g/mol. The lowest BCUT2D eigenvalue weighted by Crippen LogP contribution is -2.25. The van der Waals surface area contributed by atoms with E-state index in [-0.39, 0.29) is 24.9 Å². The molecule has 2 atom stereocenters. The summed E-state index contributed by atoms with van der Waals surface area (Å²) in [5.41, 5.74) is 1.10. The highest BCUT2D eigenvalue weighted by atomic mass is 32.2. The Morgan fingerprint density at radius 3 is 2.95 bits per heavy atom. The summed E-state index contributed by atoms with van der Waals surface area (Å²) in [6.07, 6.45) is 0.890. The number of ether oxygens (including phenoxy) is 1. The van der Waals surface area contributed by atoms with Gasteiger partial charge >= 0.3 is 6.09 Å². The van der Waals surface area contributed by atoms with Gasteiger partial charge in [0.25, 0.3) is 0 Å². The summed E-state index contributed by atoms with van der Waals surface area (Å²) in [5, 5.41) is 11.0. The average molecular weight is 295 g/mol. The Labute approximate surface area is 120 Å². The highest BCUT2D eigenvalue weighted by molar-refractivity contribution is 8.02. The quantitative estimate of drug-likeness (QED) is 0.931. The molecular formula is C14H14FNO3S. The van der Waals surface area contributed by atoms with Crippen LogP contribution in [-0.4, -0.2) is 36.2 Å². The van der Waals surface area contributed by atoms with Crippen LogP contribution in [0.25, 0.3) is 0 Å². The van der Waals surface area contributed by atoms with E-state index < -0.39 is 12.2 Å². The molecule has 1 aromatic carbocycles. The van der Waals surface area contributed by atoms with E-state index in [9.17, 15) is 9.18 Å². The lowest BCUT2D eigenvalue weighted by molar-refractivity contribution is 0.0963. The summed E-state index contributed by atoms with van der Waals surface area (Å²) in [6.45, 7) is 0.0141. The van der Waals surface area contributed by atoms with Crippen LogP contribution < -0.4 is 4.90 Å². The molecule has 2 heterocycles. The largest absolute Gasteiger partial charge is 0.441 e. The van der Waals surface area contributed by atoms with Crippen LogP contribution in [0.5, 0.6) is 0 Å². The van der Waals surface area contributed by atoms with Crippen molar-refractivity contribution >= 4 is 23.5 Å².